The summed E-state index contributed by atoms with van der Waals surface area (Å²) >= 11 is 0. The molecule has 2 atom stereocenters. The summed E-state index contributed by atoms with van der Waals surface area (Å²) in [4.78, 5) is 28.5. The van der Waals surface area contributed by atoms with Gasteiger partial charge in [-0.2, -0.15) is 0 Å². The second-order valence-electron chi connectivity index (χ2n) is 8.77. The molecule has 176 valence electrons. The number of ether oxygens (including phenoxy) is 1. The molecular formula is C25H31N3O5. The van der Waals surface area contributed by atoms with E-state index in [-0.39, 0.29) is 31.5 Å². The van der Waals surface area contributed by atoms with Crippen molar-refractivity contribution >= 4 is 11.8 Å². The van der Waals surface area contributed by atoms with Crippen LogP contribution in [0.2, 0.25) is 0 Å². The van der Waals surface area contributed by atoms with E-state index >= 15 is 0 Å². The topological polar surface area (TPSA) is 116 Å². The van der Waals surface area contributed by atoms with Gasteiger partial charge in [0.05, 0.1) is 12.2 Å². The third kappa shape index (κ3) is 5.52. The number of likely N-dealkylation sites (tertiary alicyclic amines) is 2. The minimum atomic E-state index is -0.927. The fourth-order valence-electron chi connectivity index (χ4n) is 4.50. The molecule has 0 aromatic heterocycles. The van der Waals surface area contributed by atoms with Gasteiger partial charge in [-0.05, 0) is 48.1 Å². The predicted molar refractivity (Wildman–Crippen MR) is 123 cm³/mol. The molecule has 2 aromatic carbocycles. The molecule has 8 heteroatoms. The summed E-state index contributed by atoms with van der Waals surface area (Å²) in [7, 11) is 0. The lowest BCUT2D eigenvalue weighted by molar-refractivity contribution is -0.132. The van der Waals surface area contributed by atoms with Crippen LogP contribution in [0.1, 0.15) is 40.2 Å². The number of piperidine rings is 1. The van der Waals surface area contributed by atoms with Crippen molar-refractivity contribution in [3.05, 3.63) is 65.2 Å². The van der Waals surface area contributed by atoms with Gasteiger partial charge in [-0.25, -0.2) is 0 Å². The van der Waals surface area contributed by atoms with Crippen molar-refractivity contribution in [1.29, 1.82) is 0 Å². The number of amides is 2. The first-order valence-electron chi connectivity index (χ1n) is 11.4. The molecule has 2 aliphatic heterocycles. The fraction of sp³-hybridized carbons (Fsp3) is 0.440. The highest BCUT2D eigenvalue weighted by Crippen LogP contribution is 2.29. The third-order valence-corrected chi connectivity index (χ3v) is 6.50. The van der Waals surface area contributed by atoms with Gasteiger partial charge in [0, 0.05) is 38.3 Å². The molecule has 4 N–H and O–H groups in total. The summed E-state index contributed by atoms with van der Waals surface area (Å²) in [5, 5.41) is 19.2. The van der Waals surface area contributed by atoms with Gasteiger partial charge in [-0.3, -0.25) is 9.59 Å². The molecule has 0 spiro atoms. The van der Waals surface area contributed by atoms with Crippen molar-refractivity contribution in [3.63, 3.8) is 0 Å². The molecule has 2 amide bonds. The maximum atomic E-state index is 13.0. The van der Waals surface area contributed by atoms with Gasteiger partial charge in [-0.15, -0.1) is 0 Å². The van der Waals surface area contributed by atoms with Crippen LogP contribution >= 0.6 is 0 Å². The van der Waals surface area contributed by atoms with E-state index in [1.165, 1.54) is 10.5 Å². The highest BCUT2D eigenvalue weighted by Gasteiger charge is 2.32. The zero-order chi connectivity index (χ0) is 23.4. The Bertz CT molecular complexity index is 980. The Hall–Kier alpha value is -2.94. The number of nitrogens with two attached hydrogens (primary N) is 1. The molecule has 0 bridgehead atoms. The summed E-state index contributed by atoms with van der Waals surface area (Å²) in [6.45, 7) is 1.85. The lowest BCUT2D eigenvalue weighted by atomic mass is 9.88. The largest absolute Gasteiger partial charge is 0.484 e. The van der Waals surface area contributed by atoms with Crippen LogP contribution in [0, 0.1) is 0 Å². The number of β-amino-alcohol motifs (C(OH)–C–C–N with tert-alkyl or cyclic N) is 2. The molecule has 33 heavy (non-hydrogen) atoms. The number of carbonyl (C=O) groups excluding carboxylic acids is 2. The Labute approximate surface area is 193 Å². The fourth-order valence-corrected chi connectivity index (χ4v) is 4.50. The van der Waals surface area contributed by atoms with Crippen molar-refractivity contribution in [2.24, 2.45) is 5.73 Å². The minimum absolute atomic E-state index is 0.0493. The van der Waals surface area contributed by atoms with E-state index in [0.29, 0.717) is 36.9 Å². The van der Waals surface area contributed by atoms with Gasteiger partial charge in [0.2, 0.25) is 0 Å². The van der Waals surface area contributed by atoms with E-state index in [9.17, 15) is 19.8 Å². The summed E-state index contributed by atoms with van der Waals surface area (Å²) in [5.41, 5.74) is 8.69. The number of rotatable bonds is 6. The Morgan fingerprint density at radius 1 is 0.970 bits per heavy atom. The standard InChI is InChI=1S/C25H31N3O5/c26-13-17-3-1-4-19(11-17)18-7-9-27(10-8-18)25(32)20-5-2-6-21(12-20)33-16-24(31)28-14-22(29)23(30)15-28/h1-6,11-12,18,22-23,29-30H,7-10,13-16,26H2. The molecule has 0 saturated carbocycles. The first-order valence-corrected chi connectivity index (χ1v) is 11.4. The molecule has 2 heterocycles. The Morgan fingerprint density at radius 3 is 2.36 bits per heavy atom. The third-order valence-electron chi connectivity index (χ3n) is 6.50. The van der Waals surface area contributed by atoms with E-state index in [1.807, 2.05) is 17.0 Å². The SMILES string of the molecule is NCc1cccc(C2CCN(C(=O)c3cccc(OCC(=O)N4CC(O)C(O)C4)c3)CC2)c1. The summed E-state index contributed by atoms with van der Waals surface area (Å²) < 4.78 is 5.59. The number of hydrogen-bond acceptors (Lipinski definition) is 6. The zero-order valence-corrected chi connectivity index (χ0v) is 18.6. The number of hydrogen-bond donors (Lipinski definition) is 3. The molecule has 0 aliphatic carbocycles. The van der Waals surface area contributed by atoms with E-state index in [1.54, 1.807) is 24.3 Å². The van der Waals surface area contributed by atoms with Gasteiger partial charge in [-0.1, -0.05) is 30.3 Å². The van der Waals surface area contributed by atoms with Crippen molar-refractivity contribution in [2.45, 2.75) is 37.5 Å². The quantitative estimate of drug-likeness (QED) is 0.603. The second kappa shape index (κ2) is 10.3. The second-order valence-corrected chi connectivity index (χ2v) is 8.77. The normalized spacial score (nSPS) is 21.3. The molecule has 8 nitrogen and oxygen atoms in total. The van der Waals surface area contributed by atoms with Gasteiger partial charge < -0.3 is 30.5 Å². The van der Waals surface area contributed by atoms with E-state index in [0.717, 1.165) is 18.4 Å². The Balaban J connectivity index is 1.31. The Kier molecular flexibility index (Phi) is 7.27. The van der Waals surface area contributed by atoms with Gasteiger partial charge >= 0.3 is 0 Å². The predicted octanol–water partition coefficient (Wildman–Crippen LogP) is 1.11. The summed E-state index contributed by atoms with van der Waals surface area (Å²) in [5.74, 6) is 0.488. The smallest absolute Gasteiger partial charge is 0.260 e. The lowest BCUT2D eigenvalue weighted by Crippen LogP contribution is -2.38. The van der Waals surface area contributed by atoms with Crippen LogP contribution in [0.5, 0.6) is 5.75 Å². The first-order chi connectivity index (χ1) is 15.9. The van der Waals surface area contributed by atoms with Crippen LogP contribution in [0.3, 0.4) is 0 Å². The molecule has 2 fully saturated rings. The van der Waals surface area contributed by atoms with Crippen LogP contribution < -0.4 is 10.5 Å². The molecule has 4 rings (SSSR count). The maximum absolute atomic E-state index is 13.0. The van der Waals surface area contributed by atoms with Crippen LogP contribution in [-0.4, -0.2) is 76.8 Å². The highest BCUT2D eigenvalue weighted by atomic mass is 16.5. The van der Waals surface area contributed by atoms with E-state index < -0.39 is 12.2 Å². The van der Waals surface area contributed by atoms with Crippen molar-refractivity contribution in [2.75, 3.05) is 32.8 Å². The zero-order valence-electron chi connectivity index (χ0n) is 18.6. The molecule has 2 aromatic rings. The van der Waals surface area contributed by atoms with Gasteiger partial charge in [0.1, 0.15) is 5.75 Å². The average molecular weight is 454 g/mol. The molecular weight excluding hydrogens is 422 g/mol. The monoisotopic (exact) mass is 453 g/mol. The summed E-state index contributed by atoms with van der Waals surface area (Å²) in [6, 6.07) is 15.2. The minimum Gasteiger partial charge on any atom is -0.484 e. The molecule has 0 radical (unpaired) electrons. The van der Waals surface area contributed by atoms with Crippen LogP contribution in [-0.2, 0) is 11.3 Å². The number of nitrogens with zero attached hydrogens (tertiary/aromatic N) is 2. The Morgan fingerprint density at radius 2 is 1.67 bits per heavy atom. The molecule has 2 unspecified atom stereocenters. The number of carbonyl (C=O) groups is 2. The lowest BCUT2D eigenvalue weighted by Gasteiger charge is -2.32. The van der Waals surface area contributed by atoms with E-state index in [2.05, 4.69) is 12.1 Å². The first kappa shape index (κ1) is 23.2. The summed E-state index contributed by atoms with van der Waals surface area (Å²) in [6.07, 6.45) is -0.0528. The molecule has 2 saturated heterocycles. The van der Waals surface area contributed by atoms with Crippen LogP contribution in [0.4, 0.5) is 0 Å². The van der Waals surface area contributed by atoms with Crippen molar-refractivity contribution in [3.8, 4) is 5.75 Å². The number of benzene rings is 2. The van der Waals surface area contributed by atoms with Crippen molar-refractivity contribution in [1.82, 2.24) is 9.80 Å². The average Bonchev–Trinajstić information content (AvgIpc) is 3.20. The molecule has 2 aliphatic rings. The van der Waals surface area contributed by atoms with E-state index in [4.69, 9.17) is 10.5 Å². The highest BCUT2D eigenvalue weighted by molar-refractivity contribution is 5.94. The van der Waals surface area contributed by atoms with Gasteiger partial charge in [0.25, 0.3) is 11.8 Å². The maximum Gasteiger partial charge on any atom is 0.260 e. The van der Waals surface area contributed by atoms with Crippen LogP contribution in [0.15, 0.2) is 48.5 Å². The number of aliphatic hydroxyl groups is 2. The van der Waals surface area contributed by atoms with Crippen molar-refractivity contribution < 1.29 is 24.5 Å². The van der Waals surface area contributed by atoms with Gasteiger partial charge in [0.15, 0.2) is 6.61 Å². The number of aliphatic hydroxyl groups excluding tert-OH is 2. The van der Waals surface area contributed by atoms with Crippen LogP contribution in [0.25, 0.3) is 0 Å².